The van der Waals surface area contributed by atoms with Crippen molar-refractivity contribution in [2.75, 3.05) is 38.6 Å². The molecule has 6 heteroatoms. The van der Waals surface area contributed by atoms with Crippen molar-refractivity contribution in [2.24, 2.45) is 0 Å². The maximum absolute atomic E-state index is 6.29. The second-order valence-corrected chi connectivity index (χ2v) is 7.32. The van der Waals surface area contributed by atoms with Gasteiger partial charge in [-0.15, -0.1) is 0 Å². The van der Waals surface area contributed by atoms with E-state index in [0.29, 0.717) is 5.02 Å². The molecule has 0 bridgehead atoms. The van der Waals surface area contributed by atoms with E-state index in [-0.39, 0.29) is 0 Å². The zero-order chi connectivity index (χ0) is 18.5. The van der Waals surface area contributed by atoms with Crippen LogP contribution in [0.3, 0.4) is 0 Å². The van der Waals surface area contributed by atoms with E-state index in [1.807, 2.05) is 37.3 Å². The van der Waals surface area contributed by atoms with Crippen LogP contribution in [0.2, 0.25) is 5.02 Å². The van der Waals surface area contributed by atoms with Gasteiger partial charge in [-0.3, -0.25) is 4.90 Å². The largest absolute Gasteiger partial charge is 0.497 e. The van der Waals surface area contributed by atoms with Gasteiger partial charge in [-0.25, -0.2) is 0 Å². The lowest BCUT2D eigenvalue weighted by Crippen LogP contribution is -2.49. The number of hydrogen-bond donors (Lipinski definition) is 1. The van der Waals surface area contributed by atoms with Gasteiger partial charge in [0.15, 0.2) is 5.11 Å². The van der Waals surface area contributed by atoms with Crippen molar-refractivity contribution >= 4 is 34.6 Å². The minimum absolute atomic E-state index is 0.700. The Labute approximate surface area is 165 Å². The molecule has 0 saturated carbocycles. The summed E-state index contributed by atoms with van der Waals surface area (Å²) in [6.45, 7) is 6.75. The Kier molecular flexibility index (Phi) is 6.35. The zero-order valence-corrected chi connectivity index (χ0v) is 16.7. The van der Waals surface area contributed by atoms with Crippen LogP contribution in [0, 0.1) is 6.92 Å². The van der Waals surface area contributed by atoms with Crippen LogP contribution in [-0.2, 0) is 6.54 Å². The summed E-state index contributed by atoms with van der Waals surface area (Å²) in [7, 11) is 1.69. The van der Waals surface area contributed by atoms with Crippen molar-refractivity contribution in [2.45, 2.75) is 13.5 Å². The Morgan fingerprint density at radius 2 is 1.81 bits per heavy atom. The van der Waals surface area contributed by atoms with Gasteiger partial charge in [-0.05, 0) is 54.5 Å². The predicted octanol–water partition coefficient (Wildman–Crippen LogP) is 4.17. The van der Waals surface area contributed by atoms with E-state index in [9.17, 15) is 0 Å². The molecular formula is C20H24ClN3OS. The summed E-state index contributed by atoms with van der Waals surface area (Å²) in [6.07, 6.45) is 0. The molecule has 3 rings (SSSR count). The number of anilines is 1. The van der Waals surface area contributed by atoms with Gasteiger partial charge < -0.3 is 15.0 Å². The molecule has 1 fully saturated rings. The normalized spacial score (nSPS) is 15.0. The summed E-state index contributed by atoms with van der Waals surface area (Å²) in [5.74, 6) is 0.893. The number of piperazine rings is 1. The highest BCUT2D eigenvalue weighted by atomic mass is 35.5. The molecule has 0 aromatic heterocycles. The Morgan fingerprint density at radius 3 is 2.42 bits per heavy atom. The average Bonchev–Trinajstić information content (AvgIpc) is 2.65. The lowest BCUT2D eigenvalue weighted by Gasteiger charge is -2.36. The van der Waals surface area contributed by atoms with Crippen LogP contribution >= 0.6 is 23.8 Å². The fraction of sp³-hybridized carbons (Fsp3) is 0.350. The summed E-state index contributed by atoms with van der Waals surface area (Å²) in [6, 6.07) is 14.2. The Balaban J connectivity index is 1.50. The van der Waals surface area contributed by atoms with E-state index in [1.165, 1.54) is 5.56 Å². The Morgan fingerprint density at radius 1 is 1.12 bits per heavy atom. The number of aryl methyl sites for hydroxylation is 1. The molecule has 0 spiro atoms. The SMILES string of the molecule is COc1ccc(CN2CCN(C(=S)Nc3ccc(C)cc3Cl)CC2)cc1. The highest BCUT2D eigenvalue weighted by molar-refractivity contribution is 7.80. The van der Waals surface area contributed by atoms with Crippen molar-refractivity contribution in [3.05, 3.63) is 58.6 Å². The lowest BCUT2D eigenvalue weighted by atomic mass is 10.2. The number of nitrogens with one attached hydrogen (secondary N) is 1. The highest BCUT2D eigenvalue weighted by Gasteiger charge is 2.19. The molecule has 1 N–H and O–H groups in total. The first-order valence-electron chi connectivity index (χ1n) is 8.72. The predicted molar refractivity (Wildman–Crippen MR) is 112 cm³/mol. The van der Waals surface area contributed by atoms with Crippen LogP contribution in [0.4, 0.5) is 5.69 Å². The van der Waals surface area contributed by atoms with Crippen LogP contribution in [0.15, 0.2) is 42.5 Å². The summed E-state index contributed by atoms with van der Waals surface area (Å²) >= 11 is 11.9. The summed E-state index contributed by atoms with van der Waals surface area (Å²) in [5.41, 5.74) is 3.30. The number of thiocarbonyl (C=S) groups is 1. The number of benzene rings is 2. The van der Waals surface area contributed by atoms with Crippen molar-refractivity contribution in [1.29, 1.82) is 0 Å². The first-order valence-corrected chi connectivity index (χ1v) is 9.51. The molecule has 0 atom stereocenters. The van der Waals surface area contributed by atoms with E-state index in [4.69, 9.17) is 28.6 Å². The van der Waals surface area contributed by atoms with Gasteiger partial charge in [0.2, 0.25) is 0 Å². The van der Waals surface area contributed by atoms with E-state index in [1.54, 1.807) is 7.11 Å². The van der Waals surface area contributed by atoms with Gasteiger partial charge in [0.25, 0.3) is 0 Å². The molecule has 1 saturated heterocycles. The molecule has 2 aromatic carbocycles. The van der Waals surface area contributed by atoms with Gasteiger partial charge in [0.1, 0.15) is 5.75 Å². The molecule has 2 aromatic rings. The van der Waals surface area contributed by atoms with Gasteiger partial charge in [0, 0.05) is 32.7 Å². The topological polar surface area (TPSA) is 27.7 Å². The third kappa shape index (κ3) is 4.87. The van der Waals surface area contributed by atoms with Gasteiger partial charge in [-0.2, -0.15) is 0 Å². The van der Waals surface area contributed by atoms with Gasteiger partial charge in [0.05, 0.1) is 17.8 Å². The van der Waals surface area contributed by atoms with E-state index < -0.39 is 0 Å². The minimum atomic E-state index is 0.700. The first kappa shape index (κ1) is 19.0. The number of rotatable bonds is 4. The monoisotopic (exact) mass is 389 g/mol. The van der Waals surface area contributed by atoms with Crippen LogP contribution in [0.25, 0.3) is 0 Å². The number of halogens is 1. The van der Waals surface area contributed by atoms with Crippen molar-refractivity contribution in [3.8, 4) is 5.75 Å². The molecule has 4 nitrogen and oxygen atoms in total. The standard InChI is InChI=1S/C20H24ClN3OS/c1-15-3-8-19(18(21)13-15)22-20(26)24-11-9-23(10-12-24)14-16-4-6-17(25-2)7-5-16/h3-8,13H,9-12,14H2,1-2H3,(H,22,26). The second-order valence-electron chi connectivity index (χ2n) is 6.52. The van der Waals surface area contributed by atoms with Crippen molar-refractivity contribution in [3.63, 3.8) is 0 Å². The lowest BCUT2D eigenvalue weighted by molar-refractivity contribution is 0.177. The molecule has 26 heavy (non-hydrogen) atoms. The molecule has 0 radical (unpaired) electrons. The van der Waals surface area contributed by atoms with Crippen LogP contribution < -0.4 is 10.1 Å². The molecule has 1 aliphatic rings. The fourth-order valence-electron chi connectivity index (χ4n) is 3.01. The fourth-order valence-corrected chi connectivity index (χ4v) is 3.59. The molecule has 1 aliphatic heterocycles. The number of methoxy groups -OCH3 is 1. The van der Waals surface area contributed by atoms with Crippen LogP contribution in [0.5, 0.6) is 5.75 Å². The van der Waals surface area contributed by atoms with Crippen LogP contribution in [0.1, 0.15) is 11.1 Å². The summed E-state index contributed by atoms with van der Waals surface area (Å²) < 4.78 is 5.21. The van der Waals surface area contributed by atoms with Crippen molar-refractivity contribution < 1.29 is 4.74 Å². The highest BCUT2D eigenvalue weighted by Crippen LogP contribution is 2.23. The summed E-state index contributed by atoms with van der Waals surface area (Å²) in [5, 5.41) is 4.71. The zero-order valence-electron chi connectivity index (χ0n) is 15.2. The number of hydrogen-bond acceptors (Lipinski definition) is 3. The third-order valence-electron chi connectivity index (χ3n) is 4.59. The molecule has 1 heterocycles. The first-order chi connectivity index (χ1) is 12.5. The van der Waals surface area contributed by atoms with Gasteiger partial charge >= 0.3 is 0 Å². The van der Waals surface area contributed by atoms with Crippen molar-refractivity contribution in [1.82, 2.24) is 9.80 Å². The Hall–Kier alpha value is -1.82. The third-order valence-corrected chi connectivity index (χ3v) is 5.26. The Bertz CT molecular complexity index is 758. The van der Waals surface area contributed by atoms with E-state index in [0.717, 1.165) is 54.8 Å². The summed E-state index contributed by atoms with van der Waals surface area (Å²) in [4.78, 5) is 4.65. The minimum Gasteiger partial charge on any atom is -0.497 e. The number of ether oxygens (including phenoxy) is 1. The van der Waals surface area contributed by atoms with Gasteiger partial charge in [-0.1, -0.05) is 29.8 Å². The van der Waals surface area contributed by atoms with E-state index in [2.05, 4.69) is 27.2 Å². The average molecular weight is 390 g/mol. The second kappa shape index (κ2) is 8.71. The smallest absolute Gasteiger partial charge is 0.173 e. The maximum Gasteiger partial charge on any atom is 0.173 e. The van der Waals surface area contributed by atoms with Crippen LogP contribution in [-0.4, -0.2) is 48.2 Å². The van der Waals surface area contributed by atoms with E-state index >= 15 is 0 Å². The molecule has 0 amide bonds. The quantitative estimate of drug-likeness (QED) is 0.792. The molecule has 0 unspecified atom stereocenters. The maximum atomic E-state index is 6.29. The number of nitrogens with zero attached hydrogens (tertiary/aromatic N) is 2. The molecule has 0 aliphatic carbocycles. The molecular weight excluding hydrogens is 366 g/mol. The molecule has 138 valence electrons.